The number of amides is 1. The number of nitrogens with one attached hydrogen (secondary N) is 2. The van der Waals surface area contributed by atoms with Crippen LogP contribution in [0.4, 0.5) is 11.5 Å². The topological polar surface area (TPSA) is 79.8 Å². The number of hydrogen-bond acceptors (Lipinski definition) is 5. The normalized spacial score (nSPS) is 10.3. The Kier molecular flexibility index (Phi) is 5.42. The van der Waals surface area contributed by atoms with Crippen molar-refractivity contribution in [1.29, 1.82) is 0 Å². The van der Waals surface area contributed by atoms with Gasteiger partial charge in [-0.05, 0) is 30.3 Å². The van der Waals surface area contributed by atoms with Crippen molar-refractivity contribution in [1.82, 2.24) is 20.3 Å². The number of halogens is 2. The van der Waals surface area contributed by atoms with Crippen molar-refractivity contribution < 1.29 is 4.79 Å². The van der Waals surface area contributed by atoms with Crippen molar-refractivity contribution in [2.75, 3.05) is 5.32 Å². The minimum atomic E-state index is -0.326. The molecule has 3 aromatic rings. The summed E-state index contributed by atoms with van der Waals surface area (Å²) in [6.07, 6.45) is 2.97. The standard InChI is InChI=1S/C17H13Cl2N5O/c18-11-4-5-13(19)14(7-11)24-16-8-15(22-10-23-16)17(25)21-9-12-3-1-2-6-20-12/h1-8,10H,9H2,(H,21,25)(H,22,23,24). The van der Waals surface area contributed by atoms with Gasteiger partial charge in [0.25, 0.3) is 5.91 Å². The van der Waals surface area contributed by atoms with Crippen molar-refractivity contribution in [3.05, 3.63) is 76.4 Å². The van der Waals surface area contributed by atoms with Gasteiger partial charge in [0.2, 0.25) is 0 Å². The molecule has 0 spiro atoms. The molecule has 0 saturated carbocycles. The second kappa shape index (κ2) is 7.92. The Morgan fingerprint density at radius 1 is 1.04 bits per heavy atom. The van der Waals surface area contributed by atoms with Crippen LogP contribution in [-0.4, -0.2) is 20.9 Å². The number of rotatable bonds is 5. The van der Waals surface area contributed by atoms with Crippen LogP contribution < -0.4 is 10.6 Å². The van der Waals surface area contributed by atoms with E-state index in [1.165, 1.54) is 12.4 Å². The Morgan fingerprint density at radius 3 is 2.72 bits per heavy atom. The Labute approximate surface area is 154 Å². The molecular formula is C17H13Cl2N5O. The molecule has 0 aliphatic rings. The lowest BCUT2D eigenvalue weighted by Crippen LogP contribution is -2.24. The molecule has 126 valence electrons. The van der Waals surface area contributed by atoms with Gasteiger partial charge in [-0.3, -0.25) is 9.78 Å². The zero-order chi connectivity index (χ0) is 17.6. The van der Waals surface area contributed by atoms with E-state index in [4.69, 9.17) is 23.2 Å². The predicted octanol–water partition coefficient (Wildman–Crippen LogP) is 3.85. The van der Waals surface area contributed by atoms with Crippen LogP contribution in [0, 0.1) is 0 Å². The summed E-state index contributed by atoms with van der Waals surface area (Å²) in [6, 6.07) is 12.1. The fourth-order valence-electron chi connectivity index (χ4n) is 2.05. The van der Waals surface area contributed by atoms with Gasteiger partial charge in [0, 0.05) is 17.3 Å². The van der Waals surface area contributed by atoms with E-state index in [9.17, 15) is 4.79 Å². The van der Waals surface area contributed by atoms with Gasteiger partial charge in [-0.2, -0.15) is 0 Å². The maximum absolute atomic E-state index is 12.2. The molecule has 1 aromatic carbocycles. The van der Waals surface area contributed by atoms with Crippen LogP contribution in [0.5, 0.6) is 0 Å². The number of hydrogen-bond donors (Lipinski definition) is 2. The zero-order valence-corrected chi connectivity index (χ0v) is 14.4. The van der Waals surface area contributed by atoms with Gasteiger partial charge in [0.05, 0.1) is 22.9 Å². The van der Waals surface area contributed by atoms with Gasteiger partial charge in [-0.1, -0.05) is 29.3 Å². The van der Waals surface area contributed by atoms with E-state index in [-0.39, 0.29) is 11.6 Å². The number of anilines is 2. The molecule has 2 aromatic heterocycles. The smallest absolute Gasteiger partial charge is 0.270 e. The van der Waals surface area contributed by atoms with E-state index >= 15 is 0 Å². The highest BCUT2D eigenvalue weighted by Crippen LogP contribution is 2.27. The Morgan fingerprint density at radius 2 is 1.92 bits per heavy atom. The third kappa shape index (κ3) is 4.65. The van der Waals surface area contributed by atoms with E-state index in [1.807, 2.05) is 18.2 Å². The number of pyridine rings is 1. The Balaban J connectivity index is 1.70. The van der Waals surface area contributed by atoms with Crippen LogP contribution in [-0.2, 0) is 6.54 Å². The summed E-state index contributed by atoms with van der Waals surface area (Å²) in [7, 11) is 0. The molecule has 0 aliphatic heterocycles. The van der Waals surface area contributed by atoms with Gasteiger partial charge in [0.15, 0.2) is 0 Å². The van der Waals surface area contributed by atoms with Crippen molar-refractivity contribution in [2.24, 2.45) is 0 Å². The molecule has 2 heterocycles. The van der Waals surface area contributed by atoms with Crippen LogP contribution in [0.25, 0.3) is 0 Å². The van der Waals surface area contributed by atoms with E-state index in [0.29, 0.717) is 28.1 Å². The lowest BCUT2D eigenvalue weighted by molar-refractivity contribution is 0.0945. The Bertz CT molecular complexity index is 889. The second-order valence-electron chi connectivity index (χ2n) is 5.04. The lowest BCUT2D eigenvalue weighted by atomic mass is 10.3. The van der Waals surface area contributed by atoms with Crippen molar-refractivity contribution in [3.8, 4) is 0 Å². The molecule has 0 fully saturated rings. The molecule has 0 bridgehead atoms. The molecule has 0 saturated heterocycles. The number of aromatic nitrogens is 3. The number of carbonyl (C=O) groups is 1. The highest BCUT2D eigenvalue weighted by molar-refractivity contribution is 6.35. The summed E-state index contributed by atoms with van der Waals surface area (Å²) in [5, 5.41) is 6.81. The molecule has 0 atom stereocenters. The summed E-state index contributed by atoms with van der Waals surface area (Å²) in [6.45, 7) is 0.312. The maximum atomic E-state index is 12.2. The molecule has 2 N–H and O–H groups in total. The van der Waals surface area contributed by atoms with Crippen molar-refractivity contribution >= 4 is 40.6 Å². The molecule has 0 aliphatic carbocycles. The third-order valence-electron chi connectivity index (χ3n) is 3.25. The number of benzene rings is 1. The van der Waals surface area contributed by atoms with Gasteiger partial charge in [0.1, 0.15) is 17.8 Å². The first-order valence-corrected chi connectivity index (χ1v) is 8.09. The predicted molar refractivity (Wildman–Crippen MR) is 97.2 cm³/mol. The first kappa shape index (κ1) is 17.1. The van der Waals surface area contributed by atoms with Crippen LogP contribution in [0.3, 0.4) is 0 Å². The van der Waals surface area contributed by atoms with Gasteiger partial charge in [-0.25, -0.2) is 9.97 Å². The lowest BCUT2D eigenvalue weighted by Gasteiger charge is -2.09. The average molecular weight is 374 g/mol. The maximum Gasteiger partial charge on any atom is 0.270 e. The monoisotopic (exact) mass is 373 g/mol. The third-order valence-corrected chi connectivity index (χ3v) is 3.81. The highest BCUT2D eigenvalue weighted by Gasteiger charge is 2.10. The number of nitrogens with zero attached hydrogens (tertiary/aromatic N) is 3. The summed E-state index contributed by atoms with van der Waals surface area (Å²) in [4.78, 5) is 24.5. The van der Waals surface area contributed by atoms with E-state index in [1.54, 1.807) is 24.4 Å². The molecular weight excluding hydrogens is 361 g/mol. The fraction of sp³-hybridized carbons (Fsp3) is 0.0588. The van der Waals surface area contributed by atoms with Crippen LogP contribution >= 0.6 is 23.2 Å². The van der Waals surface area contributed by atoms with Crippen molar-refractivity contribution in [3.63, 3.8) is 0 Å². The Hall–Kier alpha value is -2.70. The SMILES string of the molecule is O=C(NCc1ccccn1)c1cc(Nc2cc(Cl)ccc2Cl)ncn1. The summed E-state index contributed by atoms with van der Waals surface area (Å²) in [5.41, 5.74) is 1.58. The van der Waals surface area contributed by atoms with E-state index in [2.05, 4.69) is 25.6 Å². The van der Waals surface area contributed by atoms with Crippen LogP contribution in [0.2, 0.25) is 10.0 Å². The quantitative estimate of drug-likeness (QED) is 0.709. The molecule has 3 rings (SSSR count). The summed E-state index contributed by atoms with van der Waals surface area (Å²) < 4.78 is 0. The summed E-state index contributed by atoms with van der Waals surface area (Å²) >= 11 is 12.1. The van der Waals surface area contributed by atoms with Gasteiger partial charge < -0.3 is 10.6 Å². The van der Waals surface area contributed by atoms with Gasteiger partial charge in [-0.15, -0.1) is 0 Å². The number of carbonyl (C=O) groups excluding carboxylic acids is 1. The molecule has 0 unspecified atom stereocenters. The average Bonchev–Trinajstić information content (AvgIpc) is 2.64. The van der Waals surface area contributed by atoms with Crippen LogP contribution in [0.1, 0.15) is 16.2 Å². The highest BCUT2D eigenvalue weighted by atomic mass is 35.5. The van der Waals surface area contributed by atoms with E-state index < -0.39 is 0 Å². The minimum Gasteiger partial charge on any atom is -0.345 e. The summed E-state index contributed by atoms with van der Waals surface area (Å²) in [5.74, 6) is 0.107. The van der Waals surface area contributed by atoms with Gasteiger partial charge >= 0.3 is 0 Å². The first-order valence-electron chi connectivity index (χ1n) is 7.34. The minimum absolute atomic E-state index is 0.228. The molecule has 1 amide bonds. The van der Waals surface area contributed by atoms with Crippen LogP contribution in [0.15, 0.2) is 55.0 Å². The van der Waals surface area contributed by atoms with E-state index in [0.717, 1.165) is 5.69 Å². The zero-order valence-electron chi connectivity index (χ0n) is 12.9. The molecule has 0 radical (unpaired) electrons. The molecule has 25 heavy (non-hydrogen) atoms. The van der Waals surface area contributed by atoms with Crippen molar-refractivity contribution in [2.45, 2.75) is 6.54 Å². The first-order chi connectivity index (χ1) is 12.1. The molecule has 8 heteroatoms. The largest absolute Gasteiger partial charge is 0.345 e. The molecule has 6 nitrogen and oxygen atoms in total. The fourth-order valence-corrected chi connectivity index (χ4v) is 2.38. The second-order valence-corrected chi connectivity index (χ2v) is 5.89.